The molecule has 1 aliphatic rings. The van der Waals surface area contributed by atoms with E-state index in [-0.39, 0.29) is 12.1 Å². The van der Waals surface area contributed by atoms with Crippen LogP contribution in [0.2, 0.25) is 0 Å². The molecule has 1 aromatic heterocycles. The molecule has 3 heteroatoms. The Morgan fingerprint density at radius 2 is 1.90 bits per heavy atom. The lowest BCUT2D eigenvalue weighted by Gasteiger charge is -2.28. The van der Waals surface area contributed by atoms with Crippen LogP contribution in [-0.2, 0) is 6.54 Å². The normalized spacial score (nSPS) is 22.9. The zero-order valence-electron chi connectivity index (χ0n) is 11.6. The van der Waals surface area contributed by atoms with Gasteiger partial charge in [-0.2, -0.15) is 0 Å². The Morgan fingerprint density at radius 3 is 2.70 bits per heavy atom. The number of rotatable bonds is 4. The van der Waals surface area contributed by atoms with Crippen LogP contribution in [0.3, 0.4) is 0 Å². The van der Waals surface area contributed by atoms with Crippen LogP contribution in [0.1, 0.15) is 30.6 Å². The molecule has 1 aliphatic carbocycles. The van der Waals surface area contributed by atoms with Crippen LogP contribution in [-0.4, -0.2) is 17.3 Å². The SMILES string of the molecule is OC1CCCCC1NCc1cc(-c2ccccc2)cs1. The fraction of sp³-hybridized carbons (Fsp3) is 0.412. The average molecular weight is 287 g/mol. The summed E-state index contributed by atoms with van der Waals surface area (Å²) in [5, 5.41) is 15.7. The van der Waals surface area contributed by atoms with Crippen LogP contribution in [0.4, 0.5) is 0 Å². The summed E-state index contributed by atoms with van der Waals surface area (Å²) in [5.74, 6) is 0. The molecule has 0 radical (unpaired) electrons. The van der Waals surface area contributed by atoms with Gasteiger partial charge in [-0.05, 0) is 35.4 Å². The minimum atomic E-state index is -0.169. The fourth-order valence-corrected chi connectivity index (χ4v) is 3.68. The minimum Gasteiger partial charge on any atom is -0.392 e. The van der Waals surface area contributed by atoms with Gasteiger partial charge in [-0.3, -0.25) is 0 Å². The highest BCUT2D eigenvalue weighted by Crippen LogP contribution is 2.26. The van der Waals surface area contributed by atoms with Gasteiger partial charge in [-0.1, -0.05) is 43.2 Å². The minimum absolute atomic E-state index is 0.169. The second-order valence-electron chi connectivity index (χ2n) is 5.51. The lowest BCUT2D eigenvalue weighted by molar-refractivity contribution is 0.0904. The van der Waals surface area contributed by atoms with E-state index in [0.29, 0.717) is 0 Å². The van der Waals surface area contributed by atoms with Crippen LogP contribution in [0.15, 0.2) is 41.8 Å². The van der Waals surface area contributed by atoms with Crippen LogP contribution in [0, 0.1) is 0 Å². The zero-order chi connectivity index (χ0) is 13.8. The summed E-state index contributed by atoms with van der Waals surface area (Å²) in [6.45, 7) is 0.860. The quantitative estimate of drug-likeness (QED) is 0.896. The van der Waals surface area contributed by atoms with Gasteiger partial charge in [0.2, 0.25) is 0 Å². The lowest BCUT2D eigenvalue weighted by Crippen LogP contribution is -2.41. The Labute approximate surface area is 124 Å². The fourth-order valence-electron chi connectivity index (χ4n) is 2.84. The van der Waals surface area contributed by atoms with E-state index in [4.69, 9.17) is 0 Å². The maximum atomic E-state index is 9.97. The molecule has 106 valence electrons. The predicted molar refractivity (Wildman–Crippen MR) is 84.9 cm³/mol. The molecule has 3 rings (SSSR count). The number of hydrogen-bond donors (Lipinski definition) is 2. The summed E-state index contributed by atoms with van der Waals surface area (Å²) >= 11 is 1.79. The molecule has 2 nitrogen and oxygen atoms in total. The van der Waals surface area contributed by atoms with Crippen LogP contribution in [0.5, 0.6) is 0 Å². The van der Waals surface area contributed by atoms with E-state index < -0.39 is 0 Å². The van der Waals surface area contributed by atoms with E-state index >= 15 is 0 Å². The van der Waals surface area contributed by atoms with Crippen molar-refractivity contribution in [2.75, 3.05) is 0 Å². The van der Waals surface area contributed by atoms with Crippen LogP contribution in [0.25, 0.3) is 11.1 Å². The van der Waals surface area contributed by atoms with Crippen LogP contribution >= 0.6 is 11.3 Å². The van der Waals surface area contributed by atoms with Gasteiger partial charge in [0.05, 0.1) is 6.10 Å². The predicted octanol–water partition coefficient (Wildman–Crippen LogP) is 3.81. The third-order valence-electron chi connectivity index (χ3n) is 4.03. The molecular weight excluding hydrogens is 266 g/mol. The maximum Gasteiger partial charge on any atom is 0.0693 e. The third kappa shape index (κ3) is 3.29. The van der Waals surface area contributed by atoms with Crippen molar-refractivity contribution in [3.63, 3.8) is 0 Å². The summed E-state index contributed by atoms with van der Waals surface area (Å²) in [7, 11) is 0. The molecule has 0 aliphatic heterocycles. The van der Waals surface area contributed by atoms with E-state index in [0.717, 1.165) is 25.8 Å². The molecular formula is C17H21NOS. The maximum absolute atomic E-state index is 9.97. The van der Waals surface area contributed by atoms with Crippen molar-refractivity contribution in [3.05, 3.63) is 46.7 Å². The van der Waals surface area contributed by atoms with Gasteiger partial charge in [-0.15, -0.1) is 11.3 Å². The molecule has 20 heavy (non-hydrogen) atoms. The first-order valence-corrected chi connectivity index (χ1v) is 8.25. The number of thiophene rings is 1. The van der Waals surface area contributed by atoms with Crippen molar-refractivity contribution >= 4 is 11.3 Å². The molecule has 0 spiro atoms. The Balaban J connectivity index is 1.60. The van der Waals surface area contributed by atoms with E-state index in [9.17, 15) is 5.11 Å². The second kappa shape index (κ2) is 6.53. The molecule has 0 bridgehead atoms. The summed E-state index contributed by atoms with van der Waals surface area (Å²) in [6, 6.07) is 13.0. The molecule has 1 aromatic carbocycles. The molecule has 1 heterocycles. The van der Waals surface area contributed by atoms with E-state index in [1.807, 2.05) is 6.07 Å². The molecule has 0 saturated heterocycles. The van der Waals surface area contributed by atoms with Gasteiger partial charge in [-0.25, -0.2) is 0 Å². The zero-order valence-corrected chi connectivity index (χ0v) is 12.4. The van der Waals surface area contributed by atoms with E-state index in [1.165, 1.54) is 22.4 Å². The highest BCUT2D eigenvalue weighted by Gasteiger charge is 2.22. The molecule has 0 amide bonds. The molecule has 2 unspecified atom stereocenters. The van der Waals surface area contributed by atoms with Crippen molar-refractivity contribution < 1.29 is 5.11 Å². The molecule has 2 atom stereocenters. The first-order valence-electron chi connectivity index (χ1n) is 7.37. The van der Waals surface area contributed by atoms with E-state index in [2.05, 4.69) is 41.0 Å². The van der Waals surface area contributed by atoms with Gasteiger partial charge in [0.1, 0.15) is 0 Å². The summed E-state index contributed by atoms with van der Waals surface area (Å²) in [5.41, 5.74) is 2.56. The molecule has 1 saturated carbocycles. The van der Waals surface area contributed by atoms with Gasteiger partial charge in [0.15, 0.2) is 0 Å². The second-order valence-corrected chi connectivity index (χ2v) is 6.50. The molecule has 2 N–H and O–H groups in total. The average Bonchev–Trinajstić information content (AvgIpc) is 2.96. The van der Waals surface area contributed by atoms with Crippen molar-refractivity contribution in [2.45, 2.75) is 44.4 Å². The lowest BCUT2D eigenvalue weighted by atomic mass is 9.92. The monoisotopic (exact) mass is 287 g/mol. The summed E-state index contributed by atoms with van der Waals surface area (Å²) in [6.07, 6.45) is 4.26. The van der Waals surface area contributed by atoms with Crippen molar-refractivity contribution in [2.24, 2.45) is 0 Å². The van der Waals surface area contributed by atoms with Gasteiger partial charge in [0.25, 0.3) is 0 Å². The van der Waals surface area contributed by atoms with Crippen LogP contribution < -0.4 is 5.32 Å². The number of benzene rings is 1. The van der Waals surface area contributed by atoms with Crippen molar-refractivity contribution in [1.82, 2.24) is 5.32 Å². The highest BCUT2D eigenvalue weighted by molar-refractivity contribution is 7.10. The Morgan fingerprint density at radius 1 is 1.10 bits per heavy atom. The Bertz CT molecular complexity index is 537. The first kappa shape index (κ1) is 13.8. The first-order chi connectivity index (χ1) is 9.83. The number of nitrogens with one attached hydrogen (secondary N) is 1. The molecule has 2 aromatic rings. The van der Waals surface area contributed by atoms with Gasteiger partial charge in [0, 0.05) is 17.5 Å². The van der Waals surface area contributed by atoms with E-state index in [1.54, 1.807) is 11.3 Å². The number of hydrogen-bond acceptors (Lipinski definition) is 3. The molecule has 1 fully saturated rings. The standard InChI is InChI=1S/C17H21NOS/c19-17-9-5-4-8-16(17)18-11-15-10-14(12-20-15)13-6-2-1-3-7-13/h1-3,6-7,10,12,16-19H,4-5,8-9,11H2. The number of aliphatic hydroxyl groups excluding tert-OH is 1. The highest BCUT2D eigenvalue weighted by atomic mass is 32.1. The topological polar surface area (TPSA) is 32.3 Å². The third-order valence-corrected chi connectivity index (χ3v) is 4.97. The largest absolute Gasteiger partial charge is 0.392 e. The smallest absolute Gasteiger partial charge is 0.0693 e. The number of aliphatic hydroxyl groups is 1. The Hall–Kier alpha value is -1.16. The van der Waals surface area contributed by atoms with Crippen molar-refractivity contribution in [3.8, 4) is 11.1 Å². The summed E-state index contributed by atoms with van der Waals surface area (Å²) < 4.78 is 0. The van der Waals surface area contributed by atoms with Gasteiger partial charge < -0.3 is 10.4 Å². The van der Waals surface area contributed by atoms with Gasteiger partial charge >= 0.3 is 0 Å². The summed E-state index contributed by atoms with van der Waals surface area (Å²) in [4.78, 5) is 1.33. The Kier molecular flexibility index (Phi) is 4.51. The van der Waals surface area contributed by atoms with Crippen molar-refractivity contribution in [1.29, 1.82) is 0 Å².